The summed E-state index contributed by atoms with van der Waals surface area (Å²) in [7, 11) is 1.30. The van der Waals surface area contributed by atoms with Gasteiger partial charge in [0.05, 0.1) is 12.8 Å². The number of nitrogens with zero attached hydrogens (tertiary/aromatic N) is 1. The van der Waals surface area contributed by atoms with Gasteiger partial charge in [0.1, 0.15) is 11.6 Å². The Morgan fingerprint density at radius 1 is 1.26 bits per heavy atom. The zero-order valence-electron chi connectivity index (χ0n) is 14.6. The van der Waals surface area contributed by atoms with Crippen molar-refractivity contribution >= 4 is 28.5 Å². The molecular weight excluding hydrogens is 318 g/mol. The van der Waals surface area contributed by atoms with Crippen LogP contribution in [0.15, 0.2) is 0 Å². The lowest BCUT2D eigenvalue weighted by Crippen LogP contribution is -2.47. The maximum absolute atomic E-state index is 11.8. The first-order valence-corrected chi connectivity index (χ1v) is 8.01. The van der Waals surface area contributed by atoms with Gasteiger partial charge in [0, 0.05) is 10.3 Å². The van der Waals surface area contributed by atoms with Crippen LogP contribution < -0.4 is 11.1 Å². The van der Waals surface area contributed by atoms with Crippen LogP contribution in [0.4, 0.5) is 9.93 Å². The summed E-state index contributed by atoms with van der Waals surface area (Å²) in [6.07, 6.45) is -0.576. The number of nitrogens with two attached hydrogens (primary N) is 1. The van der Waals surface area contributed by atoms with Crippen LogP contribution in [-0.2, 0) is 19.7 Å². The average molecular weight is 343 g/mol. The number of nitrogens with one attached hydrogen (secondary N) is 1. The second kappa shape index (κ2) is 6.84. The molecule has 1 unspecified atom stereocenters. The van der Waals surface area contributed by atoms with Crippen LogP contribution in [0.1, 0.15) is 45.2 Å². The number of anilines is 1. The SMILES string of the molecule is COC(=O)C(N)C(C)(C)c1sc(NC(=O)OC(C)(C)C)nc1C. The Labute approximate surface area is 140 Å². The number of hydrogen-bond acceptors (Lipinski definition) is 7. The Balaban J connectivity index is 2.98. The number of carbonyl (C=O) groups is 2. The molecule has 0 aliphatic carbocycles. The fourth-order valence-corrected chi connectivity index (χ4v) is 3.10. The van der Waals surface area contributed by atoms with Gasteiger partial charge in [-0.05, 0) is 27.7 Å². The van der Waals surface area contributed by atoms with E-state index in [1.165, 1.54) is 18.4 Å². The lowest BCUT2D eigenvalue weighted by molar-refractivity contribution is -0.143. The van der Waals surface area contributed by atoms with E-state index in [2.05, 4.69) is 10.3 Å². The highest BCUT2D eigenvalue weighted by atomic mass is 32.1. The molecule has 0 bridgehead atoms. The number of carbonyl (C=O) groups excluding carboxylic acids is 2. The van der Waals surface area contributed by atoms with Crippen LogP contribution in [0, 0.1) is 6.92 Å². The van der Waals surface area contributed by atoms with E-state index in [0.29, 0.717) is 10.8 Å². The predicted octanol–water partition coefficient (Wildman–Crippen LogP) is 2.58. The molecule has 0 saturated heterocycles. The molecule has 0 aliphatic rings. The van der Waals surface area contributed by atoms with Gasteiger partial charge in [0.15, 0.2) is 5.13 Å². The van der Waals surface area contributed by atoms with Crippen LogP contribution in [0.5, 0.6) is 0 Å². The van der Waals surface area contributed by atoms with Crippen molar-refractivity contribution in [2.24, 2.45) is 5.73 Å². The van der Waals surface area contributed by atoms with Crippen molar-refractivity contribution < 1.29 is 19.1 Å². The minimum absolute atomic E-state index is 0.400. The number of aromatic nitrogens is 1. The van der Waals surface area contributed by atoms with E-state index in [9.17, 15) is 9.59 Å². The molecule has 3 N–H and O–H groups in total. The highest BCUT2D eigenvalue weighted by Crippen LogP contribution is 2.36. The molecule has 1 aromatic heterocycles. The van der Waals surface area contributed by atoms with E-state index in [1.807, 2.05) is 13.8 Å². The van der Waals surface area contributed by atoms with Gasteiger partial charge in [0.25, 0.3) is 0 Å². The first-order chi connectivity index (χ1) is 10.4. The quantitative estimate of drug-likeness (QED) is 0.814. The Kier molecular flexibility index (Phi) is 5.76. The highest BCUT2D eigenvalue weighted by Gasteiger charge is 2.38. The molecule has 8 heteroatoms. The van der Waals surface area contributed by atoms with E-state index in [0.717, 1.165) is 4.88 Å². The number of ether oxygens (including phenoxy) is 2. The summed E-state index contributed by atoms with van der Waals surface area (Å²) in [4.78, 5) is 28.7. The molecule has 1 aromatic rings. The molecule has 1 heterocycles. The molecule has 0 aliphatic heterocycles. The van der Waals surface area contributed by atoms with E-state index in [1.54, 1.807) is 27.7 Å². The van der Waals surface area contributed by atoms with E-state index in [4.69, 9.17) is 15.2 Å². The molecule has 0 saturated carbocycles. The van der Waals surface area contributed by atoms with Crippen LogP contribution in [0.2, 0.25) is 0 Å². The number of methoxy groups -OCH3 is 1. The number of rotatable bonds is 4. The van der Waals surface area contributed by atoms with Crippen molar-refractivity contribution in [3.05, 3.63) is 10.6 Å². The van der Waals surface area contributed by atoms with Gasteiger partial charge in [-0.2, -0.15) is 0 Å². The average Bonchev–Trinajstić information content (AvgIpc) is 2.75. The Hall–Kier alpha value is -1.67. The lowest BCUT2D eigenvalue weighted by Gasteiger charge is -2.28. The smallest absolute Gasteiger partial charge is 0.413 e. The van der Waals surface area contributed by atoms with Gasteiger partial charge in [-0.1, -0.05) is 13.8 Å². The van der Waals surface area contributed by atoms with Crippen molar-refractivity contribution in [2.45, 2.75) is 58.6 Å². The number of aryl methyl sites for hydroxylation is 1. The molecule has 1 atom stereocenters. The summed E-state index contributed by atoms with van der Waals surface area (Å²) in [5.74, 6) is -0.496. The highest BCUT2D eigenvalue weighted by molar-refractivity contribution is 7.16. The monoisotopic (exact) mass is 343 g/mol. The molecule has 0 radical (unpaired) electrons. The molecular formula is C15H25N3O4S. The molecule has 0 fully saturated rings. The summed E-state index contributed by atoms with van der Waals surface area (Å²) in [6, 6.07) is -0.832. The normalized spacial score (nSPS) is 13.4. The Morgan fingerprint density at radius 3 is 2.30 bits per heavy atom. The molecule has 1 amide bonds. The summed E-state index contributed by atoms with van der Waals surface area (Å²) < 4.78 is 9.91. The van der Waals surface area contributed by atoms with Gasteiger partial charge < -0.3 is 15.2 Å². The van der Waals surface area contributed by atoms with Crippen molar-refractivity contribution in [3.8, 4) is 0 Å². The molecule has 130 valence electrons. The predicted molar refractivity (Wildman–Crippen MR) is 89.7 cm³/mol. The Morgan fingerprint density at radius 2 is 1.83 bits per heavy atom. The largest absolute Gasteiger partial charge is 0.468 e. The second-order valence-corrected chi connectivity index (χ2v) is 7.78. The van der Waals surface area contributed by atoms with Gasteiger partial charge >= 0.3 is 12.1 Å². The third-order valence-electron chi connectivity index (χ3n) is 3.22. The lowest BCUT2D eigenvalue weighted by atomic mass is 9.82. The molecule has 23 heavy (non-hydrogen) atoms. The summed E-state index contributed by atoms with van der Waals surface area (Å²) in [5, 5.41) is 3.00. The number of thiazole rings is 1. The fourth-order valence-electron chi connectivity index (χ4n) is 2.00. The topological polar surface area (TPSA) is 104 Å². The second-order valence-electron chi connectivity index (χ2n) is 6.78. The standard InChI is InChI=1S/C15H25N3O4S/c1-8-10(15(5,6)9(16)11(19)21-7)23-12(17-8)18-13(20)22-14(2,3)4/h9H,16H2,1-7H3,(H,17,18,20). The third-order valence-corrected chi connectivity index (χ3v) is 4.63. The van der Waals surface area contributed by atoms with Crippen LogP contribution in [-0.4, -0.2) is 35.8 Å². The fraction of sp³-hybridized carbons (Fsp3) is 0.667. The minimum Gasteiger partial charge on any atom is -0.468 e. The molecule has 0 spiro atoms. The van der Waals surface area contributed by atoms with Crippen LogP contribution >= 0.6 is 11.3 Å². The van der Waals surface area contributed by atoms with Crippen molar-refractivity contribution in [2.75, 3.05) is 12.4 Å². The van der Waals surface area contributed by atoms with Crippen molar-refractivity contribution in [1.82, 2.24) is 4.98 Å². The maximum Gasteiger partial charge on any atom is 0.413 e. The number of hydrogen-bond donors (Lipinski definition) is 2. The van der Waals surface area contributed by atoms with Crippen molar-refractivity contribution in [1.29, 1.82) is 0 Å². The minimum atomic E-state index is -0.832. The number of esters is 1. The Bertz CT molecular complexity index is 590. The molecule has 7 nitrogen and oxygen atoms in total. The van der Waals surface area contributed by atoms with Crippen LogP contribution in [0.25, 0.3) is 0 Å². The zero-order valence-corrected chi connectivity index (χ0v) is 15.5. The third kappa shape index (κ3) is 4.90. The van der Waals surface area contributed by atoms with Gasteiger partial charge in [-0.3, -0.25) is 10.1 Å². The first-order valence-electron chi connectivity index (χ1n) is 7.20. The summed E-state index contributed by atoms with van der Waals surface area (Å²) in [5.41, 5.74) is 5.42. The van der Waals surface area contributed by atoms with Crippen molar-refractivity contribution in [3.63, 3.8) is 0 Å². The maximum atomic E-state index is 11.8. The molecule has 0 aromatic carbocycles. The molecule has 1 rings (SSSR count). The zero-order chi connectivity index (χ0) is 18.0. The van der Waals surface area contributed by atoms with Gasteiger partial charge in [-0.15, -0.1) is 11.3 Å². The number of amides is 1. The van der Waals surface area contributed by atoms with Gasteiger partial charge in [0.2, 0.25) is 0 Å². The van der Waals surface area contributed by atoms with Gasteiger partial charge in [-0.25, -0.2) is 9.78 Å². The van der Waals surface area contributed by atoms with E-state index < -0.39 is 29.1 Å². The summed E-state index contributed by atoms with van der Waals surface area (Å²) >= 11 is 1.27. The van der Waals surface area contributed by atoms with Crippen LogP contribution in [0.3, 0.4) is 0 Å². The van der Waals surface area contributed by atoms with E-state index >= 15 is 0 Å². The first kappa shape index (κ1) is 19.4. The van der Waals surface area contributed by atoms with E-state index in [-0.39, 0.29) is 0 Å². The summed E-state index contributed by atoms with van der Waals surface area (Å²) in [6.45, 7) is 10.8.